The van der Waals surface area contributed by atoms with E-state index in [9.17, 15) is 0 Å². The summed E-state index contributed by atoms with van der Waals surface area (Å²) in [6.45, 7) is 6.71. The van der Waals surface area contributed by atoms with Gasteiger partial charge >= 0.3 is 0 Å². The molecule has 0 N–H and O–H groups in total. The van der Waals surface area contributed by atoms with E-state index in [2.05, 4.69) is 53.8 Å². The molecule has 30 heavy (non-hydrogen) atoms. The lowest BCUT2D eigenvalue weighted by atomic mass is 9.91. The smallest absolute Gasteiger partial charge is 0.150 e. The van der Waals surface area contributed by atoms with Gasteiger partial charge in [-0.25, -0.2) is 9.97 Å². The van der Waals surface area contributed by atoms with E-state index in [1.807, 2.05) is 30.3 Å². The zero-order valence-electron chi connectivity index (χ0n) is 17.3. The summed E-state index contributed by atoms with van der Waals surface area (Å²) >= 11 is 6.13. The fourth-order valence-electron chi connectivity index (χ4n) is 4.76. The predicted octanol–water partition coefficient (Wildman–Crippen LogP) is 6.22. The maximum atomic E-state index is 6.13. The Morgan fingerprint density at radius 1 is 0.900 bits per heavy atom. The number of benzene rings is 2. The van der Waals surface area contributed by atoms with E-state index in [-0.39, 0.29) is 0 Å². The van der Waals surface area contributed by atoms with Crippen LogP contribution in [-0.4, -0.2) is 27.6 Å². The van der Waals surface area contributed by atoms with Gasteiger partial charge in [0.25, 0.3) is 0 Å². The topological polar surface area (TPSA) is 34.0 Å². The molecule has 1 fully saturated rings. The molecule has 1 saturated heterocycles. The van der Waals surface area contributed by atoms with E-state index in [4.69, 9.17) is 21.6 Å². The van der Waals surface area contributed by atoms with Crippen LogP contribution in [0, 0.1) is 11.8 Å². The molecule has 0 amide bonds. The van der Waals surface area contributed by atoms with Gasteiger partial charge in [-0.1, -0.05) is 55.8 Å². The van der Waals surface area contributed by atoms with E-state index in [0.29, 0.717) is 11.8 Å². The van der Waals surface area contributed by atoms with Crippen LogP contribution >= 0.6 is 11.6 Å². The molecule has 2 aromatic heterocycles. The van der Waals surface area contributed by atoms with E-state index in [1.165, 1.54) is 12.0 Å². The van der Waals surface area contributed by atoms with Gasteiger partial charge in [0.2, 0.25) is 0 Å². The lowest BCUT2D eigenvalue weighted by Crippen LogP contribution is -2.39. The van der Waals surface area contributed by atoms with E-state index in [0.717, 1.165) is 46.2 Å². The van der Waals surface area contributed by atoms with Crippen molar-refractivity contribution in [1.82, 2.24) is 14.5 Å². The van der Waals surface area contributed by atoms with E-state index >= 15 is 0 Å². The van der Waals surface area contributed by atoms with Crippen LogP contribution < -0.4 is 4.90 Å². The first-order valence-corrected chi connectivity index (χ1v) is 10.9. The molecule has 0 radical (unpaired) electrons. The minimum Gasteiger partial charge on any atom is -0.355 e. The summed E-state index contributed by atoms with van der Waals surface area (Å²) < 4.78 is 2.15. The third-order valence-corrected chi connectivity index (χ3v) is 6.17. The molecule has 2 unspecified atom stereocenters. The summed E-state index contributed by atoms with van der Waals surface area (Å²) in [5.74, 6) is 2.33. The van der Waals surface area contributed by atoms with Crippen molar-refractivity contribution in [2.75, 3.05) is 18.0 Å². The van der Waals surface area contributed by atoms with Crippen LogP contribution in [0.2, 0.25) is 5.02 Å². The lowest BCUT2D eigenvalue weighted by Gasteiger charge is -2.36. The summed E-state index contributed by atoms with van der Waals surface area (Å²) in [4.78, 5) is 11.9. The summed E-state index contributed by atoms with van der Waals surface area (Å²) in [6.07, 6.45) is 5.14. The van der Waals surface area contributed by atoms with Crippen molar-refractivity contribution in [1.29, 1.82) is 0 Å². The standard InChI is InChI=1S/C25H25ClN4/c1-17-12-18(2)14-29(13-17)24-23-22(19-6-4-3-5-7-19)15-30(25(23)28-16-27-24)21-10-8-20(26)9-11-21/h3-11,15-18H,12-14H2,1-2H3. The van der Waals surface area contributed by atoms with Crippen molar-refractivity contribution in [3.63, 3.8) is 0 Å². The first-order valence-electron chi connectivity index (χ1n) is 10.5. The Morgan fingerprint density at radius 2 is 1.60 bits per heavy atom. The van der Waals surface area contributed by atoms with Crippen LogP contribution in [0.1, 0.15) is 20.3 Å². The number of nitrogens with zero attached hydrogens (tertiary/aromatic N) is 4. The van der Waals surface area contributed by atoms with Crippen molar-refractivity contribution in [2.45, 2.75) is 20.3 Å². The quantitative estimate of drug-likeness (QED) is 0.397. The molecule has 1 aliphatic heterocycles. The van der Waals surface area contributed by atoms with Crippen LogP contribution in [-0.2, 0) is 0 Å². The maximum Gasteiger partial charge on any atom is 0.150 e. The molecular weight excluding hydrogens is 392 g/mol. The summed E-state index contributed by atoms with van der Waals surface area (Å²) in [5, 5.41) is 1.84. The Bertz CT molecular complexity index is 1160. The molecule has 4 nitrogen and oxygen atoms in total. The van der Waals surface area contributed by atoms with Gasteiger partial charge in [0, 0.05) is 35.6 Å². The normalized spacial score (nSPS) is 19.4. The van der Waals surface area contributed by atoms with Gasteiger partial charge in [-0.15, -0.1) is 0 Å². The highest BCUT2D eigenvalue weighted by Gasteiger charge is 2.26. The molecule has 152 valence electrons. The molecule has 0 spiro atoms. The highest BCUT2D eigenvalue weighted by molar-refractivity contribution is 6.30. The molecule has 2 aromatic carbocycles. The van der Waals surface area contributed by atoms with Gasteiger partial charge in [0.1, 0.15) is 12.1 Å². The molecule has 3 heterocycles. The Labute approximate surface area is 182 Å². The average molecular weight is 417 g/mol. The van der Waals surface area contributed by atoms with Crippen molar-refractivity contribution >= 4 is 28.5 Å². The van der Waals surface area contributed by atoms with Crippen LogP contribution in [0.5, 0.6) is 0 Å². The lowest BCUT2D eigenvalue weighted by molar-refractivity contribution is 0.356. The summed E-state index contributed by atoms with van der Waals surface area (Å²) in [5.41, 5.74) is 4.29. The van der Waals surface area contributed by atoms with Crippen LogP contribution in [0.15, 0.2) is 67.1 Å². The van der Waals surface area contributed by atoms with Gasteiger partial charge < -0.3 is 9.47 Å². The molecule has 2 atom stereocenters. The number of anilines is 1. The third-order valence-electron chi connectivity index (χ3n) is 5.92. The SMILES string of the molecule is CC1CC(C)CN(c2ncnc3c2c(-c2ccccc2)cn3-c2ccc(Cl)cc2)C1. The monoisotopic (exact) mass is 416 g/mol. The molecule has 1 aliphatic rings. The minimum atomic E-state index is 0.650. The van der Waals surface area contributed by atoms with Gasteiger partial charge in [-0.05, 0) is 48.1 Å². The fourth-order valence-corrected chi connectivity index (χ4v) is 4.88. The van der Waals surface area contributed by atoms with Crippen molar-refractivity contribution in [2.24, 2.45) is 11.8 Å². The highest BCUT2D eigenvalue weighted by atomic mass is 35.5. The van der Waals surface area contributed by atoms with Gasteiger partial charge in [-0.2, -0.15) is 0 Å². The predicted molar refractivity (Wildman–Crippen MR) is 124 cm³/mol. The van der Waals surface area contributed by atoms with Crippen LogP contribution in [0.4, 0.5) is 5.82 Å². The van der Waals surface area contributed by atoms with Crippen LogP contribution in [0.25, 0.3) is 27.8 Å². The molecule has 4 aromatic rings. The first-order chi connectivity index (χ1) is 14.6. The fraction of sp³-hybridized carbons (Fsp3) is 0.280. The van der Waals surface area contributed by atoms with Gasteiger partial charge in [0.05, 0.1) is 5.39 Å². The zero-order chi connectivity index (χ0) is 20.7. The van der Waals surface area contributed by atoms with Crippen LogP contribution in [0.3, 0.4) is 0 Å². The number of rotatable bonds is 3. The zero-order valence-corrected chi connectivity index (χ0v) is 18.0. The first kappa shape index (κ1) is 19.1. The molecule has 0 bridgehead atoms. The number of halogens is 1. The molecule has 5 rings (SSSR count). The number of fused-ring (bicyclic) bond motifs is 1. The number of hydrogen-bond donors (Lipinski definition) is 0. The molecule has 5 heteroatoms. The van der Waals surface area contributed by atoms with Crippen molar-refractivity contribution in [3.8, 4) is 16.8 Å². The number of piperidine rings is 1. The average Bonchev–Trinajstić information content (AvgIpc) is 3.14. The second-order valence-corrected chi connectivity index (χ2v) is 8.94. The third kappa shape index (κ3) is 3.46. The van der Waals surface area contributed by atoms with Gasteiger partial charge in [-0.3, -0.25) is 0 Å². The Balaban J connectivity index is 1.75. The molecule has 0 saturated carbocycles. The molecule has 0 aliphatic carbocycles. The molecular formula is C25H25ClN4. The minimum absolute atomic E-state index is 0.650. The summed E-state index contributed by atoms with van der Waals surface area (Å²) in [7, 11) is 0. The number of aromatic nitrogens is 3. The van der Waals surface area contributed by atoms with E-state index in [1.54, 1.807) is 6.33 Å². The second kappa shape index (κ2) is 7.77. The number of hydrogen-bond acceptors (Lipinski definition) is 3. The van der Waals surface area contributed by atoms with Crippen molar-refractivity contribution < 1.29 is 0 Å². The Morgan fingerprint density at radius 3 is 2.30 bits per heavy atom. The maximum absolute atomic E-state index is 6.13. The Hall–Kier alpha value is -2.85. The van der Waals surface area contributed by atoms with Gasteiger partial charge in [0.15, 0.2) is 5.65 Å². The Kier molecular flexibility index (Phi) is 4.95. The largest absolute Gasteiger partial charge is 0.355 e. The van der Waals surface area contributed by atoms with Crippen molar-refractivity contribution in [3.05, 3.63) is 72.1 Å². The highest BCUT2D eigenvalue weighted by Crippen LogP contribution is 2.38. The summed E-state index contributed by atoms with van der Waals surface area (Å²) in [6, 6.07) is 18.4. The van der Waals surface area contributed by atoms with E-state index < -0.39 is 0 Å². The second-order valence-electron chi connectivity index (χ2n) is 8.50.